The van der Waals surface area contributed by atoms with Crippen LogP contribution in [0.25, 0.3) is 0 Å². The number of amides is 1. The second kappa shape index (κ2) is 9.68. The van der Waals surface area contributed by atoms with Crippen LogP contribution in [0.5, 0.6) is 23.0 Å². The smallest absolute Gasteiger partial charge is 0.271 e. The SMILES string of the molecule is COc1cc(OC)cc(C(=O)N/N=C\c2ccc(OCC#N)c(OC)c2)c1. The molecule has 140 valence electrons. The van der Waals surface area contributed by atoms with Gasteiger partial charge in [-0.3, -0.25) is 4.79 Å². The van der Waals surface area contributed by atoms with Crippen LogP contribution in [0.3, 0.4) is 0 Å². The maximum atomic E-state index is 12.3. The van der Waals surface area contributed by atoms with Crippen LogP contribution in [0.2, 0.25) is 0 Å². The zero-order valence-electron chi connectivity index (χ0n) is 15.2. The van der Waals surface area contributed by atoms with Crippen molar-refractivity contribution in [2.45, 2.75) is 0 Å². The van der Waals surface area contributed by atoms with E-state index in [0.29, 0.717) is 34.1 Å². The van der Waals surface area contributed by atoms with E-state index in [9.17, 15) is 4.79 Å². The number of benzene rings is 2. The molecule has 0 fully saturated rings. The Morgan fingerprint density at radius 3 is 2.37 bits per heavy atom. The molecule has 0 radical (unpaired) electrons. The molecule has 0 aliphatic carbocycles. The fourth-order valence-corrected chi connectivity index (χ4v) is 2.16. The summed E-state index contributed by atoms with van der Waals surface area (Å²) in [6.07, 6.45) is 1.46. The summed E-state index contributed by atoms with van der Waals surface area (Å²) in [6, 6.07) is 11.8. The highest BCUT2D eigenvalue weighted by Gasteiger charge is 2.09. The van der Waals surface area contributed by atoms with E-state index >= 15 is 0 Å². The topological polar surface area (TPSA) is 102 Å². The molecule has 0 aliphatic rings. The van der Waals surface area contributed by atoms with E-state index in [1.54, 1.807) is 36.4 Å². The van der Waals surface area contributed by atoms with Crippen molar-refractivity contribution >= 4 is 12.1 Å². The van der Waals surface area contributed by atoms with Gasteiger partial charge >= 0.3 is 0 Å². The number of nitrogens with zero attached hydrogens (tertiary/aromatic N) is 2. The third-order valence-corrected chi connectivity index (χ3v) is 3.47. The summed E-state index contributed by atoms with van der Waals surface area (Å²) in [5.74, 6) is 1.49. The van der Waals surface area contributed by atoms with Crippen molar-refractivity contribution in [3.63, 3.8) is 0 Å². The summed E-state index contributed by atoms with van der Waals surface area (Å²) in [6.45, 7) is -0.0795. The molecule has 2 rings (SSSR count). The van der Waals surface area contributed by atoms with E-state index in [-0.39, 0.29) is 6.61 Å². The molecule has 0 saturated heterocycles. The zero-order valence-corrected chi connectivity index (χ0v) is 15.2. The van der Waals surface area contributed by atoms with Gasteiger partial charge in [-0.15, -0.1) is 0 Å². The lowest BCUT2D eigenvalue weighted by atomic mass is 10.2. The molecular formula is C19H19N3O5. The molecule has 0 atom stereocenters. The van der Waals surface area contributed by atoms with Crippen LogP contribution in [-0.2, 0) is 0 Å². The van der Waals surface area contributed by atoms with Gasteiger partial charge in [-0.05, 0) is 35.9 Å². The van der Waals surface area contributed by atoms with Crippen LogP contribution < -0.4 is 24.4 Å². The molecule has 1 amide bonds. The second-order valence-electron chi connectivity index (χ2n) is 5.16. The molecule has 0 unspecified atom stereocenters. The molecule has 8 heteroatoms. The molecule has 0 spiro atoms. The van der Waals surface area contributed by atoms with Crippen molar-refractivity contribution in [1.29, 1.82) is 5.26 Å². The van der Waals surface area contributed by atoms with Crippen molar-refractivity contribution in [3.05, 3.63) is 47.5 Å². The number of carbonyl (C=O) groups is 1. The van der Waals surface area contributed by atoms with Gasteiger partial charge in [0.1, 0.15) is 17.6 Å². The molecule has 0 aliphatic heterocycles. The first kappa shape index (κ1) is 19.6. The van der Waals surface area contributed by atoms with Gasteiger partial charge in [-0.1, -0.05) is 0 Å². The van der Waals surface area contributed by atoms with Gasteiger partial charge in [0.25, 0.3) is 5.91 Å². The zero-order chi connectivity index (χ0) is 19.6. The predicted molar refractivity (Wildman–Crippen MR) is 98.7 cm³/mol. The van der Waals surface area contributed by atoms with Gasteiger partial charge in [0.05, 0.1) is 27.5 Å². The Labute approximate surface area is 156 Å². The Hall–Kier alpha value is -3.73. The highest BCUT2D eigenvalue weighted by Crippen LogP contribution is 2.27. The van der Waals surface area contributed by atoms with Crippen LogP contribution in [0, 0.1) is 11.3 Å². The van der Waals surface area contributed by atoms with Gasteiger partial charge in [0.2, 0.25) is 0 Å². The molecule has 0 saturated carbocycles. The third kappa shape index (κ3) is 5.37. The van der Waals surface area contributed by atoms with Crippen molar-refractivity contribution in [2.24, 2.45) is 5.10 Å². The first-order chi connectivity index (χ1) is 13.1. The lowest BCUT2D eigenvalue weighted by Crippen LogP contribution is -2.17. The molecule has 2 aromatic rings. The third-order valence-electron chi connectivity index (χ3n) is 3.47. The number of nitrogens with one attached hydrogen (secondary N) is 1. The fourth-order valence-electron chi connectivity index (χ4n) is 2.16. The van der Waals surface area contributed by atoms with Crippen LogP contribution in [0.1, 0.15) is 15.9 Å². The Kier molecular flexibility index (Phi) is 7.02. The van der Waals surface area contributed by atoms with Crippen LogP contribution in [0.15, 0.2) is 41.5 Å². The molecule has 8 nitrogen and oxygen atoms in total. The minimum atomic E-state index is -0.413. The molecule has 2 aromatic carbocycles. The fraction of sp³-hybridized carbons (Fsp3) is 0.211. The van der Waals surface area contributed by atoms with Crippen LogP contribution in [-0.4, -0.2) is 40.1 Å². The van der Waals surface area contributed by atoms with Gasteiger partial charge in [0.15, 0.2) is 18.1 Å². The maximum Gasteiger partial charge on any atom is 0.271 e. The van der Waals surface area contributed by atoms with Crippen LogP contribution in [0.4, 0.5) is 0 Å². The summed E-state index contributed by atoms with van der Waals surface area (Å²) < 4.78 is 20.8. The quantitative estimate of drug-likeness (QED) is 0.566. The number of methoxy groups -OCH3 is 3. The Morgan fingerprint density at radius 1 is 1.07 bits per heavy atom. The molecule has 27 heavy (non-hydrogen) atoms. The summed E-state index contributed by atoms with van der Waals surface area (Å²) >= 11 is 0. The van der Waals surface area contributed by atoms with E-state index < -0.39 is 5.91 Å². The molecule has 0 aromatic heterocycles. The lowest BCUT2D eigenvalue weighted by Gasteiger charge is -2.09. The lowest BCUT2D eigenvalue weighted by molar-refractivity contribution is 0.0954. The summed E-state index contributed by atoms with van der Waals surface area (Å²) in [7, 11) is 4.51. The number of nitriles is 1. The van der Waals surface area contributed by atoms with Gasteiger partial charge in [-0.25, -0.2) is 5.43 Å². The van der Waals surface area contributed by atoms with E-state index in [0.717, 1.165) is 0 Å². The molecular weight excluding hydrogens is 350 g/mol. The van der Waals surface area contributed by atoms with E-state index in [1.165, 1.54) is 27.5 Å². The van der Waals surface area contributed by atoms with Gasteiger partial charge in [0, 0.05) is 11.6 Å². The van der Waals surface area contributed by atoms with Crippen molar-refractivity contribution < 1.29 is 23.7 Å². The van der Waals surface area contributed by atoms with Crippen LogP contribution >= 0.6 is 0 Å². The van der Waals surface area contributed by atoms with Gasteiger partial charge in [-0.2, -0.15) is 10.4 Å². The number of hydrogen-bond donors (Lipinski definition) is 1. The first-order valence-corrected chi connectivity index (χ1v) is 7.85. The minimum absolute atomic E-state index is 0.0795. The summed E-state index contributed by atoms with van der Waals surface area (Å²) in [5, 5.41) is 12.5. The molecule has 1 N–H and O–H groups in total. The highest BCUT2D eigenvalue weighted by molar-refractivity contribution is 5.95. The number of rotatable bonds is 8. The minimum Gasteiger partial charge on any atom is -0.497 e. The number of ether oxygens (including phenoxy) is 4. The first-order valence-electron chi connectivity index (χ1n) is 7.85. The second-order valence-corrected chi connectivity index (χ2v) is 5.16. The normalized spacial score (nSPS) is 10.1. The Morgan fingerprint density at radius 2 is 1.78 bits per heavy atom. The Bertz CT molecular complexity index is 852. The van der Waals surface area contributed by atoms with E-state index in [1.807, 2.05) is 6.07 Å². The van der Waals surface area contributed by atoms with Crippen molar-refractivity contribution in [3.8, 4) is 29.1 Å². The number of hydrazone groups is 1. The van der Waals surface area contributed by atoms with Gasteiger partial charge < -0.3 is 18.9 Å². The van der Waals surface area contributed by atoms with Crippen molar-refractivity contribution in [2.75, 3.05) is 27.9 Å². The summed E-state index contributed by atoms with van der Waals surface area (Å²) in [5.41, 5.74) is 3.47. The molecule has 0 heterocycles. The monoisotopic (exact) mass is 369 g/mol. The maximum absolute atomic E-state index is 12.3. The van der Waals surface area contributed by atoms with E-state index in [4.69, 9.17) is 24.2 Å². The number of carbonyl (C=O) groups excluding carboxylic acids is 1. The average Bonchev–Trinajstić information content (AvgIpc) is 2.71. The molecule has 0 bridgehead atoms. The highest BCUT2D eigenvalue weighted by atomic mass is 16.5. The Balaban J connectivity index is 2.08. The standard InChI is InChI=1S/C19H19N3O5/c1-24-15-9-14(10-16(11-15)25-2)19(23)22-21-12-13-4-5-17(27-7-6-20)18(8-13)26-3/h4-5,8-12H,7H2,1-3H3,(H,22,23)/b21-12-. The van der Waals surface area contributed by atoms with Crippen molar-refractivity contribution in [1.82, 2.24) is 5.43 Å². The van der Waals surface area contributed by atoms with E-state index in [2.05, 4.69) is 10.5 Å². The largest absolute Gasteiger partial charge is 0.497 e. The average molecular weight is 369 g/mol. The number of hydrogen-bond acceptors (Lipinski definition) is 7. The predicted octanol–water partition coefficient (Wildman–Crippen LogP) is 2.38. The summed E-state index contributed by atoms with van der Waals surface area (Å²) in [4.78, 5) is 12.3.